The number of para-hydroxylation sites is 1. The predicted molar refractivity (Wildman–Crippen MR) is 124 cm³/mol. The molecular formula is C28H30O4. The first kappa shape index (κ1) is 21.0. The number of ether oxygens (including phenoxy) is 3. The van der Waals surface area contributed by atoms with Crippen molar-refractivity contribution in [2.75, 3.05) is 13.7 Å². The third-order valence-corrected chi connectivity index (χ3v) is 7.01. The first-order valence-corrected chi connectivity index (χ1v) is 11.5. The monoisotopic (exact) mass is 430 g/mol. The molecule has 0 aromatic heterocycles. The Bertz CT molecular complexity index is 1060. The van der Waals surface area contributed by atoms with Crippen molar-refractivity contribution in [3.63, 3.8) is 0 Å². The summed E-state index contributed by atoms with van der Waals surface area (Å²) in [6.07, 6.45) is 2.03. The Morgan fingerprint density at radius 2 is 1.66 bits per heavy atom. The van der Waals surface area contributed by atoms with E-state index in [0.29, 0.717) is 13.0 Å². The fraction of sp³-hybridized carbons (Fsp3) is 0.357. The molecule has 166 valence electrons. The number of unbranched alkanes of at least 4 members (excludes halogenated alkanes) is 1. The highest BCUT2D eigenvalue weighted by molar-refractivity contribution is 5.55. The summed E-state index contributed by atoms with van der Waals surface area (Å²) in [6, 6.07) is 26.5. The van der Waals surface area contributed by atoms with Crippen LogP contribution < -0.4 is 9.47 Å². The second-order valence-corrected chi connectivity index (χ2v) is 8.71. The number of hydrogen-bond acceptors (Lipinski definition) is 4. The molecule has 2 fully saturated rings. The molecule has 1 heterocycles. The van der Waals surface area contributed by atoms with Gasteiger partial charge in [0.2, 0.25) is 0 Å². The minimum absolute atomic E-state index is 0.0239. The molecule has 4 atom stereocenters. The molecule has 4 nitrogen and oxygen atoms in total. The SMILES string of the molecule is CCCCOc1ccccc1[C@]12O[C@@]1(c1ccc(OC)cc1)[C@H](c1ccccc1)C[C@@H]2O. The first-order chi connectivity index (χ1) is 15.7. The molecule has 0 bridgehead atoms. The number of rotatable bonds is 8. The molecule has 5 rings (SSSR count). The van der Waals surface area contributed by atoms with Crippen LogP contribution in [0.5, 0.6) is 11.5 Å². The first-order valence-electron chi connectivity index (χ1n) is 11.5. The molecule has 0 radical (unpaired) electrons. The fourth-order valence-corrected chi connectivity index (χ4v) is 5.46. The van der Waals surface area contributed by atoms with Gasteiger partial charge in [-0.05, 0) is 42.2 Å². The van der Waals surface area contributed by atoms with Crippen LogP contribution >= 0.6 is 0 Å². The fourth-order valence-electron chi connectivity index (χ4n) is 5.46. The Morgan fingerprint density at radius 1 is 0.938 bits per heavy atom. The van der Waals surface area contributed by atoms with Crippen LogP contribution in [0, 0.1) is 0 Å². The largest absolute Gasteiger partial charge is 0.497 e. The van der Waals surface area contributed by atoms with Crippen LogP contribution in [-0.2, 0) is 15.9 Å². The molecule has 1 aliphatic carbocycles. The molecule has 0 unspecified atom stereocenters. The smallest absolute Gasteiger partial charge is 0.157 e. The molecule has 1 saturated heterocycles. The van der Waals surface area contributed by atoms with Crippen molar-refractivity contribution in [3.8, 4) is 11.5 Å². The van der Waals surface area contributed by atoms with Crippen molar-refractivity contribution in [2.24, 2.45) is 0 Å². The minimum atomic E-state index is -0.842. The maximum atomic E-state index is 11.5. The van der Waals surface area contributed by atoms with Crippen molar-refractivity contribution in [1.82, 2.24) is 0 Å². The van der Waals surface area contributed by atoms with Crippen molar-refractivity contribution in [1.29, 1.82) is 0 Å². The Labute approximate surface area is 189 Å². The van der Waals surface area contributed by atoms with Gasteiger partial charge >= 0.3 is 0 Å². The third-order valence-electron chi connectivity index (χ3n) is 7.01. The molecule has 1 aliphatic heterocycles. The van der Waals surface area contributed by atoms with Gasteiger partial charge in [-0.3, -0.25) is 0 Å². The summed E-state index contributed by atoms with van der Waals surface area (Å²) in [7, 11) is 1.67. The van der Waals surface area contributed by atoms with Crippen LogP contribution in [0.3, 0.4) is 0 Å². The van der Waals surface area contributed by atoms with Crippen molar-refractivity contribution in [2.45, 2.75) is 49.4 Å². The molecule has 4 heteroatoms. The van der Waals surface area contributed by atoms with Gasteiger partial charge in [0, 0.05) is 11.5 Å². The average Bonchev–Trinajstić information content (AvgIpc) is 3.49. The van der Waals surface area contributed by atoms with E-state index >= 15 is 0 Å². The van der Waals surface area contributed by atoms with E-state index in [4.69, 9.17) is 14.2 Å². The van der Waals surface area contributed by atoms with Gasteiger partial charge in [0.05, 0.1) is 19.8 Å². The number of benzene rings is 3. The number of aliphatic hydroxyl groups excluding tert-OH is 1. The molecular weight excluding hydrogens is 400 g/mol. The molecule has 3 aromatic rings. The van der Waals surface area contributed by atoms with Gasteiger partial charge in [0.25, 0.3) is 0 Å². The van der Waals surface area contributed by atoms with E-state index in [9.17, 15) is 5.11 Å². The molecule has 2 aliphatic rings. The lowest BCUT2D eigenvalue weighted by Crippen LogP contribution is -2.28. The normalized spacial score (nSPS) is 28.2. The van der Waals surface area contributed by atoms with E-state index < -0.39 is 17.3 Å². The van der Waals surface area contributed by atoms with Crippen LogP contribution in [0.4, 0.5) is 0 Å². The van der Waals surface area contributed by atoms with Crippen LogP contribution in [0.2, 0.25) is 0 Å². The maximum Gasteiger partial charge on any atom is 0.157 e. The molecule has 1 saturated carbocycles. The molecule has 1 N–H and O–H groups in total. The second-order valence-electron chi connectivity index (χ2n) is 8.71. The maximum absolute atomic E-state index is 11.5. The Morgan fingerprint density at radius 3 is 2.38 bits per heavy atom. The number of methoxy groups -OCH3 is 1. The lowest BCUT2D eigenvalue weighted by atomic mass is 9.77. The van der Waals surface area contributed by atoms with Crippen molar-refractivity contribution in [3.05, 3.63) is 95.6 Å². The zero-order chi connectivity index (χ0) is 22.2. The number of fused-ring (bicyclic) bond motifs is 1. The number of aliphatic hydroxyl groups is 1. The zero-order valence-electron chi connectivity index (χ0n) is 18.7. The van der Waals surface area contributed by atoms with Gasteiger partial charge in [0.1, 0.15) is 17.1 Å². The lowest BCUT2D eigenvalue weighted by molar-refractivity contribution is 0.0522. The lowest BCUT2D eigenvalue weighted by Gasteiger charge is -2.23. The summed E-state index contributed by atoms with van der Waals surface area (Å²) < 4.78 is 18.3. The summed E-state index contributed by atoms with van der Waals surface area (Å²) in [4.78, 5) is 0. The Balaban J connectivity index is 1.64. The third kappa shape index (κ3) is 3.05. The zero-order valence-corrected chi connectivity index (χ0v) is 18.7. The standard InChI is InChI=1S/C28H30O4/c1-3-4-18-31-25-13-9-8-12-23(25)28-26(29)19-24(20-10-6-5-7-11-20)27(28,32-28)21-14-16-22(30-2)17-15-21/h5-17,24,26,29H,3-4,18-19H2,1-2H3/t24-,26-,27-,28+/m0/s1. The average molecular weight is 431 g/mol. The minimum Gasteiger partial charge on any atom is -0.497 e. The van der Waals surface area contributed by atoms with Crippen LogP contribution in [-0.4, -0.2) is 24.9 Å². The number of hydrogen-bond donors (Lipinski definition) is 1. The highest BCUT2D eigenvalue weighted by Gasteiger charge is 2.82. The second kappa shape index (κ2) is 8.27. The van der Waals surface area contributed by atoms with Crippen LogP contribution in [0.15, 0.2) is 78.9 Å². The predicted octanol–water partition coefficient (Wildman–Crippen LogP) is 5.54. The molecule has 0 spiro atoms. The summed E-state index contributed by atoms with van der Waals surface area (Å²) in [5.74, 6) is 1.62. The van der Waals surface area contributed by atoms with Crippen LogP contribution in [0.1, 0.15) is 48.8 Å². The highest BCUT2D eigenvalue weighted by atomic mass is 16.6. The van der Waals surface area contributed by atoms with Crippen molar-refractivity contribution >= 4 is 0 Å². The van der Waals surface area contributed by atoms with Gasteiger partial charge in [-0.2, -0.15) is 0 Å². The number of epoxide rings is 1. The van der Waals surface area contributed by atoms with E-state index in [0.717, 1.165) is 35.5 Å². The molecule has 32 heavy (non-hydrogen) atoms. The van der Waals surface area contributed by atoms with E-state index in [1.165, 1.54) is 5.56 Å². The summed E-state index contributed by atoms with van der Waals surface area (Å²) in [5, 5.41) is 11.5. The van der Waals surface area contributed by atoms with Crippen molar-refractivity contribution < 1.29 is 19.3 Å². The molecule has 0 amide bonds. The summed E-state index contributed by atoms with van der Waals surface area (Å²) in [5.41, 5.74) is 1.64. The van der Waals surface area contributed by atoms with Gasteiger partial charge in [0.15, 0.2) is 5.60 Å². The Kier molecular flexibility index (Phi) is 5.44. The van der Waals surface area contributed by atoms with E-state index in [1.54, 1.807) is 7.11 Å². The van der Waals surface area contributed by atoms with E-state index in [-0.39, 0.29) is 5.92 Å². The Hall–Kier alpha value is -2.82. The van der Waals surface area contributed by atoms with Crippen LogP contribution in [0.25, 0.3) is 0 Å². The topological polar surface area (TPSA) is 51.2 Å². The van der Waals surface area contributed by atoms with Gasteiger partial charge < -0.3 is 19.3 Å². The summed E-state index contributed by atoms with van der Waals surface area (Å²) in [6.45, 7) is 2.80. The van der Waals surface area contributed by atoms with E-state index in [1.807, 2.05) is 54.6 Å². The van der Waals surface area contributed by atoms with Gasteiger partial charge in [-0.15, -0.1) is 0 Å². The van der Waals surface area contributed by atoms with Gasteiger partial charge in [-0.1, -0.05) is 74.0 Å². The van der Waals surface area contributed by atoms with E-state index in [2.05, 4.69) is 31.2 Å². The quantitative estimate of drug-likeness (QED) is 0.376. The highest BCUT2D eigenvalue weighted by Crippen LogP contribution is 2.76. The van der Waals surface area contributed by atoms with Gasteiger partial charge in [-0.25, -0.2) is 0 Å². The summed E-state index contributed by atoms with van der Waals surface area (Å²) >= 11 is 0. The molecule has 3 aromatic carbocycles.